The summed E-state index contributed by atoms with van der Waals surface area (Å²) in [5, 5.41) is 3.23. The number of hydrogen-bond donors (Lipinski definition) is 2. The molecular formula is C7H12N2. The van der Waals surface area contributed by atoms with Gasteiger partial charge >= 0.3 is 0 Å². The zero-order valence-electron chi connectivity index (χ0n) is 5.43. The van der Waals surface area contributed by atoms with Crippen LogP contribution in [0.25, 0.3) is 0 Å². The maximum Gasteiger partial charge on any atom is 0.0772 e. The molecule has 0 aromatic carbocycles. The largest absolute Gasteiger partial charge is 0.312 e. The van der Waals surface area contributed by atoms with E-state index in [4.69, 9.17) is 5.73 Å². The van der Waals surface area contributed by atoms with Gasteiger partial charge in [-0.05, 0) is 24.3 Å². The molecule has 0 radical (unpaired) electrons. The molecule has 3 N–H and O–H groups in total. The Morgan fingerprint density at radius 1 is 1.67 bits per heavy atom. The zero-order valence-corrected chi connectivity index (χ0v) is 5.43. The number of fused-ring (bicyclic) bond motifs is 1. The summed E-state index contributed by atoms with van der Waals surface area (Å²) in [4.78, 5) is 0. The lowest BCUT2D eigenvalue weighted by Crippen LogP contribution is -2.31. The minimum atomic E-state index is 0.178. The third kappa shape index (κ3) is 0.705. The predicted octanol–water partition coefficient (Wildman–Crippen LogP) is 0.211. The van der Waals surface area contributed by atoms with Crippen LogP contribution in [0, 0.1) is 5.92 Å². The Labute approximate surface area is 55.1 Å². The number of nitrogens with two attached hydrogens (primary N) is 1. The molecule has 2 aliphatic rings. The van der Waals surface area contributed by atoms with E-state index in [0.29, 0.717) is 0 Å². The van der Waals surface area contributed by atoms with Gasteiger partial charge < -0.3 is 5.73 Å². The molecule has 0 spiro atoms. The first kappa shape index (κ1) is 5.45. The third-order valence-electron chi connectivity index (χ3n) is 2.31. The van der Waals surface area contributed by atoms with Crippen LogP contribution in [0.2, 0.25) is 0 Å². The fraction of sp³-hybridized carbons (Fsp3) is 0.714. The summed E-state index contributed by atoms with van der Waals surface area (Å²) < 4.78 is 0. The fourth-order valence-electron chi connectivity index (χ4n) is 1.77. The van der Waals surface area contributed by atoms with Crippen molar-refractivity contribution in [3.05, 3.63) is 11.6 Å². The number of allylic oxidation sites excluding steroid dienone is 1. The van der Waals surface area contributed by atoms with Crippen LogP contribution in [0.15, 0.2) is 11.6 Å². The van der Waals surface area contributed by atoms with Gasteiger partial charge in [0, 0.05) is 6.54 Å². The summed E-state index contributed by atoms with van der Waals surface area (Å²) in [6.07, 6.45) is 5.03. The van der Waals surface area contributed by atoms with Gasteiger partial charge in [-0.1, -0.05) is 6.08 Å². The van der Waals surface area contributed by atoms with Crippen LogP contribution in [0.3, 0.4) is 0 Å². The first-order chi connectivity index (χ1) is 4.38. The molecule has 2 rings (SSSR count). The molecule has 1 saturated heterocycles. The predicted molar refractivity (Wildman–Crippen MR) is 36.8 cm³/mol. The lowest BCUT2D eigenvalue weighted by atomic mass is 10.1. The van der Waals surface area contributed by atoms with E-state index >= 15 is 0 Å². The van der Waals surface area contributed by atoms with Crippen molar-refractivity contribution in [1.29, 1.82) is 0 Å². The van der Waals surface area contributed by atoms with Crippen molar-refractivity contribution < 1.29 is 0 Å². The highest BCUT2D eigenvalue weighted by atomic mass is 15.1. The molecule has 2 atom stereocenters. The van der Waals surface area contributed by atoms with Crippen molar-refractivity contribution in [2.45, 2.75) is 19.0 Å². The van der Waals surface area contributed by atoms with E-state index in [-0.39, 0.29) is 6.17 Å². The van der Waals surface area contributed by atoms with Crippen LogP contribution in [0.1, 0.15) is 12.8 Å². The summed E-state index contributed by atoms with van der Waals surface area (Å²) in [5.74, 6) is 0.778. The van der Waals surface area contributed by atoms with Gasteiger partial charge in [-0.2, -0.15) is 0 Å². The Kier molecular flexibility index (Phi) is 1.10. The molecule has 1 fully saturated rings. The molecule has 0 aromatic rings. The summed E-state index contributed by atoms with van der Waals surface area (Å²) in [6.45, 7) is 1.10. The van der Waals surface area contributed by atoms with Crippen LogP contribution in [-0.2, 0) is 0 Å². The van der Waals surface area contributed by atoms with Crippen LogP contribution >= 0.6 is 0 Å². The van der Waals surface area contributed by atoms with E-state index in [2.05, 4.69) is 11.4 Å². The second-order valence-electron chi connectivity index (χ2n) is 2.86. The van der Waals surface area contributed by atoms with Crippen LogP contribution in [0.4, 0.5) is 0 Å². The number of rotatable bonds is 0. The fourth-order valence-corrected chi connectivity index (χ4v) is 1.77. The summed E-state index contributed by atoms with van der Waals surface area (Å²) in [5.41, 5.74) is 7.19. The Balaban J connectivity index is 2.22. The monoisotopic (exact) mass is 124 g/mol. The molecule has 50 valence electrons. The standard InChI is InChI=1S/C7H12N2/c8-7-6-3-1-2-5(6)4-9-7/h3,5,7,9H,1-2,4,8H2. The van der Waals surface area contributed by atoms with Crippen molar-refractivity contribution in [1.82, 2.24) is 5.32 Å². The highest BCUT2D eigenvalue weighted by molar-refractivity contribution is 5.22. The molecule has 0 bridgehead atoms. The Morgan fingerprint density at radius 2 is 2.56 bits per heavy atom. The Morgan fingerprint density at radius 3 is 3.33 bits per heavy atom. The van der Waals surface area contributed by atoms with E-state index in [1.807, 2.05) is 0 Å². The smallest absolute Gasteiger partial charge is 0.0772 e. The molecule has 2 nitrogen and oxygen atoms in total. The SMILES string of the molecule is NC1NCC2CCC=C21. The van der Waals surface area contributed by atoms with Gasteiger partial charge in [-0.15, -0.1) is 0 Å². The van der Waals surface area contributed by atoms with Gasteiger partial charge in [0.05, 0.1) is 6.17 Å². The highest BCUT2D eigenvalue weighted by Gasteiger charge is 2.29. The molecule has 1 heterocycles. The summed E-state index contributed by atoms with van der Waals surface area (Å²) >= 11 is 0. The molecular weight excluding hydrogens is 112 g/mol. The molecule has 0 aromatic heterocycles. The van der Waals surface area contributed by atoms with E-state index in [9.17, 15) is 0 Å². The van der Waals surface area contributed by atoms with Gasteiger partial charge in [0.1, 0.15) is 0 Å². The minimum Gasteiger partial charge on any atom is -0.312 e. The maximum atomic E-state index is 5.74. The van der Waals surface area contributed by atoms with Gasteiger partial charge in [0.15, 0.2) is 0 Å². The molecule has 1 aliphatic heterocycles. The maximum absolute atomic E-state index is 5.74. The molecule has 0 amide bonds. The van der Waals surface area contributed by atoms with E-state index in [1.165, 1.54) is 18.4 Å². The van der Waals surface area contributed by atoms with Crippen LogP contribution in [0.5, 0.6) is 0 Å². The van der Waals surface area contributed by atoms with E-state index < -0.39 is 0 Å². The van der Waals surface area contributed by atoms with Crippen molar-refractivity contribution in [3.8, 4) is 0 Å². The van der Waals surface area contributed by atoms with E-state index in [1.54, 1.807) is 0 Å². The minimum absolute atomic E-state index is 0.178. The second kappa shape index (κ2) is 1.82. The topological polar surface area (TPSA) is 38.0 Å². The van der Waals surface area contributed by atoms with Gasteiger partial charge in [0.25, 0.3) is 0 Å². The van der Waals surface area contributed by atoms with Crippen molar-refractivity contribution in [2.75, 3.05) is 6.54 Å². The lowest BCUT2D eigenvalue weighted by molar-refractivity contribution is 0.618. The van der Waals surface area contributed by atoms with Crippen LogP contribution in [-0.4, -0.2) is 12.7 Å². The molecule has 2 heteroatoms. The number of nitrogens with one attached hydrogen (secondary N) is 1. The normalized spacial score (nSPS) is 40.8. The number of hydrogen-bond acceptors (Lipinski definition) is 2. The van der Waals surface area contributed by atoms with E-state index in [0.717, 1.165) is 12.5 Å². The van der Waals surface area contributed by atoms with Crippen molar-refractivity contribution >= 4 is 0 Å². The van der Waals surface area contributed by atoms with Crippen molar-refractivity contribution in [3.63, 3.8) is 0 Å². The Hall–Kier alpha value is -0.340. The average Bonchev–Trinajstić information content (AvgIpc) is 2.35. The molecule has 2 unspecified atom stereocenters. The van der Waals surface area contributed by atoms with Crippen molar-refractivity contribution in [2.24, 2.45) is 11.7 Å². The Bertz CT molecular complexity index is 151. The quantitative estimate of drug-likeness (QED) is 0.453. The summed E-state index contributed by atoms with van der Waals surface area (Å²) in [6, 6.07) is 0. The highest BCUT2D eigenvalue weighted by Crippen LogP contribution is 2.29. The zero-order chi connectivity index (χ0) is 6.27. The first-order valence-electron chi connectivity index (χ1n) is 3.57. The second-order valence-corrected chi connectivity index (χ2v) is 2.86. The van der Waals surface area contributed by atoms with Gasteiger partial charge in [0.2, 0.25) is 0 Å². The molecule has 1 aliphatic carbocycles. The summed E-state index contributed by atoms with van der Waals surface area (Å²) in [7, 11) is 0. The average molecular weight is 124 g/mol. The van der Waals surface area contributed by atoms with Gasteiger partial charge in [-0.25, -0.2) is 0 Å². The lowest BCUT2D eigenvalue weighted by Gasteiger charge is -2.02. The first-order valence-corrected chi connectivity index (χ1v) is 3.57. The van der Waals surface area contributed by atoms with Crippen LogP contribution < -0.4 is 11.1 Å². The van der Waals surface area contributed by atoms with Gasteiger partial charge in [-0.3, -0.25) is 5.32 Å². The third-order valence-corrected chi connectivity index (χ3v) is 2.31. The molecule has 9 heavy (non-hydrogen) atoms. The molecule has 0 saturated carbocycles.